The van der Waals surface area contributed by atoms with Crippen LogP contribution in [0.25, 0.3) is 0 Å². The fourth-order valence-electron chi connectivity index (χ4n) is 2.98. The van der Waals surface area contributed by atoms with Crippen LogP contribution in [0.1, 0.15) is 56.1 Å². The van der Waals surface area contributed by atoms with Gasteiger partial charge in [-0.1, -0.05) is 0 Å². The molecule has 1 amide bonds. The summed E-state index contributed by atoms with van der Waals surface area (Å²) < 4.78 is 1.96. The maximum absolute atomic E-state index is 12.2. The summed E-state index contributed by atoms with van der Waals surface area (Å²) in [6.07, 6.45) is 5.11. The number of amides is 1. The molecule has 1 saturated carbocycles. The van der Waals surface area contributed by atoms with Crippen molar-refractivity contribution >= 4 is 11.9 Å². The Kier molecular flexibility index (Phi) is 5.04. The lowest BCUT2D eigenvalue weighted by Crippen LogP contribution is -2.33. The van der Waals surface area contributed by atoms with Crippen molar-refractivity contribution in [2.75, 3.05) is 6.54 Å². The van der Waals surface area contributed by atoms with Crippen molar-refractivity contribution < 1.29 is 14.7 Å². The minimum absolute atomic E-state index is 0.0472. The Bertz CT molecular complexity index is 499. The Hall–Kier alpha value is -1.78. The number of hydrogen-bond acceptors (Lipinski definition) is 2. The Labute approximate surface area is 125 Å². The largest absolute Gasteiger partial charge is 0.481 e. The zero-order valence-electron chi connectivity index (χ0n) is 12.7. The van der Waals surface area contributed by atoms with E-state index in [1.54, 1.807) is 0 Å². The van der Waals surface area contributed by atoms with Crippen LogP contribution in [0.5, 0.6) is 0 Å². The van der Waals surface area contributed by atoms with Gasteiger partial charge in [-0.15, -0.1) is 0 Å². The van der Waals surface area contributed by atoms with Gasteiger partial charge in [0.2, 0.25) is 0 Å². The first-order valence-corrected chi connectivity index (χ1v) is 7.67. The molecule has 1 aliphatic carbocycles. The van der Waals surface area contributed by atoms with E-state index >= 15 is 0 Å². The molecule has 0 aromatic carbocycles. The molecule has 0 spiro atoms. The van der Waals surface area contributed by atoms with Gasteiger partial charge in [0.1, 0.15) is 5.69 Å². The second-order valence-electron chi connectivity index (χ2n) is 6.16. The molecule has 5 nitrogen and oxygen atoms in total. The van der Waals surface area contributed by atoms with E-state index in [1.165, 1.54) is 0 Å². The minimum atomic E-state index is -0.688. The quantitative estimate of drug-likeness (QED) is 0.876. The Balaban J connectivity index is 1.82. The first-order chi connectivity index (χ1) is 9.99. The molecule has 0 atom stereocenters. The number of hydrogen-bond donors (Lipinski definition) is 2. The van der Waals surface area contributed by atoms with Gasteiger partial charge in [0.15, 0.2) is 0 Å². The number of carboxylic acids is 1. The van der Waals surface area contributed by atoms with E-state index in [0.717, 1.165) is 25.7 Å². The molecule has 1 aliphatic rings. The topological polar surface area (TPSA) is 71.3 Å². The van der Waals surface area contributed by atoms with Gasteiger partial charge >= 0.3 is 5.97 Å². The summed E-state index contributed by atoms with van der Waals surface area (Å²) >= 11 is 0. The second-order valence-corrected chi connectivity index (χ2v) is 6.16. The SMILES string of the molecule is CC(C)n1cccc1C(=O)NCC1CCC(C(=O)O)CC1. The van der Waals surface area contributed by atoms with E-state index in [-0.39, 0.29) is 17.9 Å². The summed E-state index contributed by atoms with van der Waals surface area (Å²) in [6, 6.07) is 3.97. The van der Waals surface area contributed by atoms with Crippen LogP contribution in [0.3, 0.4) is 0 Å². The third kappa shape index (κ3) is 3.86. The molecule has 1 fully saturated rings. The standard InChI is InChI=1S/C16H24N2O3/c1-11(2)18-9-3-4-14(18)15(19)17-10-12-5-7-13(8-6-12)16(20)21/h3-4,9,11-13H,5-8,10H2,1-2H3,(H,17,19)(H,20,21). The van der Waals surface area contributed by atoms with E-state index in [1.807, 2.05) is 36.7 Å². The lowest BCUT2D eigenvalue weighted by Gasteiger charge is -2.26. The Morgan fingerprint density at radius 1 is 1.33 bits per heavy atom. The molecule has 1 aromatic rings. The van der Waals surface area contributed by atoms with Crippen molar-refractivity contribution in [1.29, 1.82) is 0 Å². The van der Waals surface area contributed by atoms with E-state index in [4.69, 9.17) is 5.11 Å². The lowest BCUT2D eigenvalue weighted by molar-refractivity contribution is -0.143. The third-order valence-electron chi connectivity index (χ3n) is 4.32. The molecular formula is C16H24N2O3. The summed E-state index contributed by atoms with van der Waals surface area (Å²) in [5.41, 5.74) is 0.684. The monoisotopic (exact) mass is 292 g/mol. The number of aliphatic carboxylic acids is 1. The maximum Gasteiger partial charge on any atom is 0.306 e. The molecule has 0 bridgehead atoms. The van der Waals surface area contributed by atoms with Gasteiger partial charge in [0.05, 0.1) is 5.92 Å². The van der Waals surface area contributed by atoms with Crippen LogP contribution in [0.2, 0.25) is 0 Å². The zero-order chi connectivity index (χ0) is 15.4. The predicted octanol–water partition coefficient (Wildman–Crippen LogP) is 2.69. The van der Waals surface area contributed by atoms with Crippen LogP contribution < -0.4 is 5.32 Å². The number of carboxylic acid groups (broad SMARTS) is 1. The van der Waals surface area contributed by atoms with Gasteiger partial charge in [-0.2, -0.15) is 0 Å². The fourth-order valence-corrected chi connectivity index (χ4v) is 2.98. The number of aromatic nitrogens is 1. The molecule has 5 heteroatoms. The molecule has 0 saturated heterocycles. The molecule has 0 aliphatic heterocycles. The van der Waals surface area contributed by atoms with Crippen molar-refractivity contribution in [3.8, 4) is 0 Å². The molecule has 0 unspecified atom stereocenters. The summed E-state index contributed by atoms with van der Waals surface area (Å²) in [5, 5.41) is 12.0. The highest BCUT2D eigenvalue weighted by Gasteiger charge is 2.26. The summed E-state index contributed by atoms with van der Waals surface area (Å²) in [7, 11) is 0. The van der Waals surface area contributed by atoms with Crippen LogP contribution in [0.15, 0.2) is 18.3 Å². The van der Waals surface area contributed by atoms with E-state index in [2.05, 4.69) is 5.32 Å². The number of carbonyl (C=O) groups excluding carboxylic acids is 1. The second kappa shape index (κ2) is 6.78. The molecule has 1 aromatic heterocycles. The van der Waals surface area contributed by atoms with Crippen LogP contribution in [-0.2, 0) is 4.79 Å². The highest BCUT2D eigenvalue weighted by Crippen LogP contribution is 2.28. The van der Waals surface area contributed by atoms with Crippen LogP contribution >= 0.6 is 0 Å². The highest BCUT2D eigenvalue weighted by molar-refractivity contribution is 5.92. The van der Waals surface area contributed by atoms with Gasteiger partial charge < -0.3 is 15.0 Å². The van der Waals surface area contributed by atoms with Gasteiger partial charge in [-0.25, -0.2) is 0 Å². The van der Waals surface area contributed by atoms with Crippen molar-refractivity contribution in [2.45, 2.75) is 45.6 Å². The molecule has 2 N–H and O–H groups in total. The minimum Gasteiger partial charge on any atom is -0.481 e. The average molecular weight is 292 g/mol. The molecule has 1 heterocycles. The van der Waals surface area contributed by atoms with Crippen LogP contribution in [0, 0.1) is 11.8 Å². The Morgan fingerprint density at radius 3 is 2.57 bits per heavy atom. The van der Waals surface area contributed by atoms with Crippen LogP contribution in [0.4, 0.5) is 0 Å². The van der Waals surface area contributed by atoms with Gasteiger partial charge in [0, 0.05) is 18.8 Å². The molecule has 0 radical (unpaired) electrons. The van der Waals surface area contributed by atoms with Crippen LogP contribution in [-0.4, -0.2) is 28.1 Å². The van der Waals surface area contributed by atoms with E-state index in [9.17, 15) is 9.59 Å². The number of rotatable bonds is 5. The fraction of sp³-hybridized carbons (Fsp3) is 0.625. The smallest absolute Gasteiger partial charge is 0.306 e. The first kappa shape index (κ1) is 15.6. The number of carbonyl (C=O) groups is 2. The normalized spacial score (nSPS) is 22.2. The summed E-state index contributed by atoms with van der Waals surface area (Å²) in [6.45, 7) is 4.72. The number of nitrogens with one attached hydrogen (secondary N) is 1. The lowest BCUT2D eigenvalue weighted by atomic mass is 9.82. The van der Waals surface area contributed by atoms with Gasteiger partial charge in [-0.3, -0.25) is 9.59 Å². The molecule has 116 valence electrons. The van der Waals surface area contributed by atoms with Crippen molar-refractivity contribution in [1.82, 2.24) is 9.88 Å². The molecule has 21 heavy (non-hydrogen) atoms. The third-order valence-corrected chi connectivity index (χ3v) is 4.32. The van der Waals surface area contributed by atoms with Gasteiger partial charge in [0.25, 0.3) is 5.91 Å². The van der Waals surface area contributed by atoms with Crippen molar-refractivity contribution in [3.05, 3.63) is 24.0 Å². The highest BCUT2D eigenvalue weighted by atomic mass is 16.4. The van der Waals surface area contributed by atoms with Crippen molar-refractivity contribution in [2.24, 2.45) is 11.8 Å². The zero-order valence-corrected chi connectivity index (χ0v) is 12.7. The van der Waals surface area contributed by atoms with E-state index < -0.39 is 5.97 Å². The first-order valence-electron chi connectivity index (χ1n) is 7.67. The summed E-state index contributed by atoms with van der Waals surface area (Å²) in [4.78, 5) is 23.1. The number of nitrogens with zero attached hydrogens (tertiary/aromatic N) is 1. The molecule has 2 rings (SSSR count). The average Bonchev–Trinajstić information content (AvgIpc) is 2.95. The predicted molar refractivity (Wildman–Crippen MR) is 80.2 cm³/mol. The Morgan fingerprint density at radius 2 is 2.00 bits per heavy atom. The van der Waals surface area contributed by atoms with E-state index in [0.29, 0.717) is 18.2 Å². The summed E-state index contributed by atoms with van der Waals surface area (Å²) in [5.74, 6) is -0.538. The molecular weight excluding hydrogens is 268 g/mol. The maximum atomic E-state index is 12.2. The van der Waals surface area contributed by atoms with Gasteiger partial charge in [-0.05, 0) is 57.6 Å². The van der Waals surface area contributed by atoms with Crippen molar-refractivity contribution in [3.63, 3.8) is 0 Å².